The Morgan fingerprint density at radius 3 is 2.41 bits per heavy atom. The first-order valence-corrected chi connectivity index (χ1v) is 6.31. The van der Waals surface area contributed by atoms with E-state index in [2.05, 4.69) is 6.58 Å². The van der Waals surface area contributed by atoms with E-state index in [4.69, 9.17) is 0 Å². The number of carbonyl (C=O) groups excluding carboxylic acids is 1. The van der Waals surface area contributed by atoms with Gasteiger partial charge in [-0.25, -0.2) is 4.39 Å². The summed E-state index contributed by atoms with van der Waals surface area (Å²) >= 11 is 0. The summed E-state index contributed by atoms with van der Waals surface area (Å²) in [5.41, 5.74) is -0.625. The molecule has 22 heavy (non-hydrogen) atoms. The van der Waals surface area contributed by atoms with Crippen LogP contribution >= 0.6 is 0 Å². The molecule has 116 valence electrons. The minimum atomic E-state index is -4.66. The lowest BCUT2D eigenvalue weighted by atomic mass is 10.0. The lowest BCUT2D eigenvalue weighted by molar-refractivity contribution is -0.0886. The number of halogens is 4. The number of allylic oxidation sites excluding steroid dienone is 6. The first-order valence-electron chi connectivity index (χ1n) is 6.31. The molecule has 0 spiro atoms. The van der Waals surface area contributed by atoms with Crippen molar-refractivity contribution in [3.05, 3.63) is 77.2 Å². The van der Waals surface area contributed by atoms with Gasteiger partial charge in [-0.2, -0.15) is 13.2 Å². The Hall–Kier alpha value is -2.43. The van der Waals surface area contributed by atoms with Crippen LogP contribution in [0.4, 0.5) is 17.6 Å². The maximum absolute atomic E-state index is 13.3. The molecule has 0 aliphatic heterocycles. The molecule has 0 atom stereocenters. The van der Waals surface area contributed by atoms with Crippen LogP contribution in [0.2, 0.25) is 0 Å². The Labute approximate surface area is 126 Å². The van der Waals surface area contributed by atoms with Crippen molar-refractivity contribution < 1.29 is 22.4 Å². The summed E-state index contributed by atoms with van der Waals surface area (Å²) in [6.45, 7) is 4.34. The van der Waals surface area contributed by atoms with Gasteiger partial charge in [-0.15, -0.1) is 0 Å². The zero-order valence-corrected chi connectivity index (χ0v) is 11.8. The van der Waals surface area contributed by atoms with E-state index in [9.17, 15) is 22.4 Å². The number of rotatable bonds is 5. The van der Waals surface area contributed by atoms with E-state index in [0.29, 0.717) is 17.4 Å². The number of aldehydes is 1. The van der Waals surface area contributed by atoms with Gasteiger partial charge in [0, 0.05) is 5.56 Å². The van der Waals surface area contributed by atoms with Crippen molar-refractivity contribution in [1.29, 1.82) is 0 Å². The molecule has 0 saturated carbocycles. The number of hydrogen-bond acceptors (Lipinski definition) is 1. The SMILES string of the molecule is C=C(C(=C\C(F)=C/C)/C=C/c1cccc(C=O)c1)C(F)(F)F. The van der Waals surface area contributed by atoms with E-state index in [0.717, 1.165) is 18.2 Å². The smallest absolute Gasteiger partial charge is 0.298 e. The van der Waals surface area contributed by atoms with Crippen LogP contribution in [0.15, 0.2) is 66.0 Å². The Bertz CT molecular complexity index is 649. The van der Waals surface area contributed by atoms with Gasteiger partial charge in [-0.1, -0.05) is 43.0 Å². The van der Waals surface area contributed by atoms with Crippen molar-refractivity contribution in [2.45, 2.75) is 13.1 Å². The van der Waals surface area contributed by atoms with E-state index in [1.807, 2.05) is 0 Å². The van der Waals surface area contributed by atoms with Crippen molar-refractivity contribution in [2.24, 2.45) is 0 Å². The van der Waals surface area contributed by atoms with Gasteiger partial charge in [-0.3, -0.25) is 4.79 Å². The van der Waals surface area contributed by atoms with Crippen LogP contribution in [0, 0.1) is 0 Å². The Kier molecular flexibility index (Phi) is 6.04. The van der Waals surface area contributed by atoms with Crippen molar-refractivity contribution in [3.8, 4) is 0 Å². The second-order valence-corrected chi connectivity index (χ2v) is 4.37. The third-order valence-corrected chi connectivity index (χ3v) is 2.76. The van der Waals surface area contributed by atoms with E-state index in [-0.39, 0.29) is 5.57 Å². The van der Waals surface area contributed by atoms with Crippen molar-refractivity contribution in [3.63, 3.8) is 0 Å². The molecule has 1 rings (SSSR count). The van der Waals surface area contributed by atoms with Gasteiger partial charge < -0.3 is 0 Å². The van der Waals surface area contributed by atoms with E-state index in [1.165, 1.54) is 19.1 Å². The first-order chi connectivity index (χ1) is 10.3. The van der Waals surface area contributed by atoms with Gasteiger partial charge in [0.2, 0.25) is 0 Å². The molecule has 0 aromatic heterocycles. The zero-order chi connectivity index (χ0) is 16.8. The Morgan fingerprint density at radius 2 is 1.86 bits per heavy atom. The molecule has 0 aliphatic carbocycles. The third kappa shape index (κ3) is 5.16. The molecule has 0 radical (unpaired) electrons. The molecule has 0 N–H and O–H groups in total. The lowest BCUT2D eigenvalue weighted by Crippen LogP contribution is -2.12. The molecule has 1 aromatic rings. The highest BCUT2D eigenvalue weighted by Gasteiger charge is 2.33. The normalized spacial score (nSPS) is 13.5. The molecule has 0 aliphatic rings. The number of benzene rings is 1. The summed E-state index contributed by atoms with van der Waals surface area (Å²) in [6.07, 6.45) is 0.249. The van der Waals surface area contributed by atoms with Crippen molar-refractivity contribution >= 4 is 12.4 Å². The lowest BCUT2D eigenvalue weighted by Gasteiger charge is -2.11. The van der Waals surface area contributed by atoms with E-state index >= 15 is 0 Å². The Morgan fingerprint density at radius 1 is 1.23 bits per heavy atom. The van der Waals surface area contributed by atoms with Gasteiger partial charge in [0.1, 0.15) is 12.1 Å². The summed E-state index contributed by atoms with van der Waals surface area (Å²) in [4.78, 5) is 10.7. The van der Waals surface area contributed by atoms with Gasteiger partial charge >= 0.3 is 6.18 Å². The van der Waals surface area contributed by atoms with Crippen LogP contribution in [-0.4, -0.2) is 12.5 Å². The number of alkyl halides is 3. The standard InChI is InChI=1S/C17H14F4O/c1-3-16(18)10-15(12(2)17(19,20)21)8-7-13-5-4-6-14(9-13)11-22/h3-11H,2H2,1H3/b8-7+,15-10-,16-3+. The highest BCUT2D eigenvalue weighted by molar-refractivity contribution is 5.76. The predicted octanol–water partition coefficient (Wildman–Crippen LogP) is 5.43. The first kappa shape index (κ1) is 17.6. The predicted molar refractivity (Wildman–Crippen MR) is 79.0 cm³/mol. The highest BCUT2D eigenvalue weighted by Crippen LogP contribution is 2.31. The largest absolute Gasteiger partial charge is 0.416 e. The number of hydrogen-bond donors (Lipinski definition) is 0. The molecule has 1 nitrogen and oxygen atoms in total. The van der Waals surface area contributed by atoms with Gasteiger partial charge in [0.15, 0.2) is 0 Å². The average Bonchev–Trinajstić information content (AvgIpc) is 2.49. The summed E-state index contributed by atoms with van der Waals surface area (Å²) in [5.74, 6) is -0.799. The van der Waals surface area contributed by atoms with Gasteiger partial charge in [0.05, 0.1) is 5.57 Å². The molecular formula is C17H14F4O. The van der Waals surface area contributed by atoms with Crippen LogP contribution in [0.3, 0.4) is 0 Å². The molecule has 0 bridgehead atoms. The average molecular weight is 310 g/mol. The molecule has 0 fully saturated rings. The van der Waals surface area contributed by atoms with Crippen LogP contribution in [0.25, 0.3) is 6.08 Å². The molecule has 0 heterocycles. The zero-order valence-electron chi connectivity index (χ0n) is 11.8. The summed E-state index contributed by atoms with van der Waals surface area (Å²) < 4.78 is 51.5. The minimum absolute atomic E-state index is 0.389. The summed E-state index contributed by atoms with van der Waals surface area (Å²) in [6, 6.07) is 6.28. The van der Waals surface area contributed by atoms with Gasteiger partial charge in [0.25, 0.3) is 0 Å². The van der Waals surface area contributed by atoms with Crippen LogP contribution in [0.5, 0.6) is 0 Å². The fourth-order valence-corrected chi connectivity index (χ4v) is 1.55. The van der Waals surface area contributed by atoms with Crippen LogP contribution in [-0.2, 0) is 0 Å². The maximum atomic E-state index is 13.3. The van der Waals surface area contributed by atoms with Crippen molar-refractivity contribution in [1.82, 2.24) is 0 Å². The van der Waals surface area contributed by atoms with E-state index in [1.54, 1.807) is 18.2 Å². The topological polar surface area (TPSA) is 17.1 Å². The molecule has 0 amide bonds. The maximum Gasteiger partial charge on any atom is 0.416 e. The molecular weight excluding hydrogens is 296 g/mol. The Balaban J connectivity index is 3.18. The van der Waals surface area contributed by atoms with Gasteiger partial charge in [-0.05, 0) is 30.2 Å². The van der Waals surface area contributed by atoms with Crippen molar-refractivity contribution in [2.75, 3.05) is 0 Å². The molecule has 1 aromatic carbocycles. The fourth-order valence-electron chi connectivity index (χ4n) is 1.55. The molecule has 0 saturated heterocycles. The van der Waals surface area contributed by atoms with E-state index < -0.39 is 17.6 Å². The molecule has 0 unspecified atom stereocenters. The fraction of sp³-hybridized carbons (Fsp3) is 0.118. The van der Waals surface area contributed by atoms with Crippen LogP contribution < -0.4 is 0 Å². The second kappa shape index (κ2) is 7.54. The quantitative estimate of drug-likeness (QED) is 0.402. The summed E-state index contributed by atoms with van der Waals surface area (Å²) in [5, 5.41) is 0. The monoisotopic (exact) mass is 310 g/mol. The third-order valence-electron chi connectivity index (χ3n) is 2.76. The molecule has 5 heteroatoms. The number of carbonyl (C=O) groups is 1. The summed E-state index contributed by atoms with van der Waals surface area (Å²) in [7, 11) is 0. The highest BCUT2D eigenvalue weighted by atomic mass is 19.4. The second-order valence-electron chi connectivity index (χ2n) is 4.37. The minimum Gasteiger partial charge on any atom is -0.298 e. The van der Waals surface area contributed by atoms with Crippen LogP contribution in [0.1, 0.15) is 22.8 Å².